The van der Waals surface area contributed by atoms with Crippen LogP contribution >= 0.6 is 0 Å². The fourth-order valence-electron chi connectivity index (χ4n) is 3.41. The average Bonchev–Trinajstić information content (AvgIpc) is 2.49. The Morgan fingerprint density at radius 3 is 2.45 bits per heavy atom. The van der Waals surface area contributed by atoms with Gasteiger partial charge in [0.15, 0.2) is 0 Å². The van der Waals surface area contributed by atoms with Crippen molar-refractivity contribution in [3.05, 3.63) is 0 Å². The van der Waals surface area contributed by atoms with Gasteiger partial charge in [0.25, 0.3) is 0 Å². The first-order valence-corrected chi connectivity index (χ1v) is 8.87. The second-order valence-corrected chi connectivity index (χ2v) is 7.07. The number of carbonyl (C=O) groups excluding carboxylic acids is 2. The van der Waals surface area contributed by atoms with Crippen LogP contribution in [0.3, 0.4) is 0 Å². The highest BCUT2D eigenvalue weighted by Gasteiger charge is 2.36. The second-order valence-electron chi connectivity index (χ2n) is 7.07. The van der Waals surface area contributed by atoms with Crippen LogP contribution in [0.4, 0.5) is 0 Å². The molecule has 0 bridgehead atoms. The standard InChI is InChI=1S/C18H33NO3/c1-6-10-22-18(21)16(7-2)19-17(20)15-11-13(5)8-9-14(15)12(3)4/h12-16H,6-11H2,1-5H3,(H,19,20)/t13-,14+,15-,16-/m1/s1. The molecule has 1 fully saturated rings. The van der Waals surface area contributed by atoms with Crippen LogP contribution < -0.4 is 5.32 Å². The minimum Gasteiger partial charge on any atom is -0.464 e. The summed E-state index contributed by atoms with van der Waals surface area (Å²) in [6.07, 6.45) is 4.60. The molecule has 1 saturated carbocycles. The van der Waals surface area contributed by atoms with Gasteiger partial charge < -0.3 is 10.1 Å². The quantitative estimate of drug-likeness (QED) is 0.732. The maximum atomic E-state index is 12.7. The van der Waals surface area contributed by atoms with Gasteiger partial charge in [0.2, 0.25) is 5.91 Å². The molecule has 0 radical (unpaired) electrons. The maximum absolute atomic E-state index is 12.7. The SMILES string of the molecule is CCCOC(=O)[C@@H](CC)NC(=O)[C@@H]1C[C@H](C)CC[C@H]1C(C)C. The smallest absolute Gasteiger partial charge is 0.328 e. The van der Waals surface area contributed by atoms with E-state index < -0.39 is 6.04 Å². The lowest BCUT2D eigenvalue weighted by molar-refractivity contribution is -0.149. The molecular formula is C18H33NO3. The lowest BCUT2D eigenvalue weighted by Crippen LogP contribution is -2.47. The van der Waals surface area contributed by atoms with E-state index in [2.05, 4.69) is 26.1 Å². The maximum Gasteiger partial charge on any atom is 0.328 e. The molecule has 1 aliphatic rings. The van der Waals surface area contributed by atoms with Crippen LogP contribution in [-0.2, 0) is 14.3 Å². The molecule has 1 amide bonds. The highest BCUT2D eigenvalue weighted by Crippen LogP contribution is 2.38. The monoisotopic (exact) mass is 311 g/mol. The Morgan fingerprint density at radius 2 is 1.91 bits per heavy atom. The summed E-state index contributed by atoms with van der Waals surface area (Å²) in [6.45, 7) is 10.9. The molecule has 4 heteroatoms. The van der Waals surface area contributed by atoms with E-state index in [4.69, 9.17) is 4.74 Å². The van der Waals surface area contributed by atoms with Crippen LogP contribution in [0.1, 0.15) is 66.7 Å². The van der Waals surface area contributed by atoms with Crippen molar-refractivity contribution in [3.63, 3.8) is 0 Å². The third-order valence-electron chi connectivity index (χ3n) is 4.82. The predicted octanol–water partition coefficient (Wildman–Crippen LogP) is 3.54. The predicted molar refractivity (Wildman–Crippen MR) is 88.3 cm³/mol. The van der Waals surface area contributed by atoms with Gasteiger partial charge in [0, 0.05) is 5.92 Å². The van der Waals surface area contributed by atoms with E-state index in [0.717, 1.165) is 19.3 Å². The first kappa shape index (κ1) is 19.0. The van der Waals surface area contributed by atoms with Crippen molar-refractivity contribution in [2.75, 3.05) is 6.61 Å². The molecular weight excluding hydrogens is 278 g/mol. The van der Waals surface area contributed by atoms with Crippen LogP contribution in [0.25, 0.3) is 0 Å². The van der Waals surface area contributed by atoms with Crippen LogP contribution in [0.15, 0.2) is 0 Å². The summed E-state index contributed by atoms with van der Waals surface area (Å²) in [7, 11) is 0. The fraction of sp³-hybridized carbons (Fsp3) is 0.889. The zero-order chi connectivity index (χ0) is 16.7. The first-order chi connectivity index (χ1) is 10.4. The summed E-state index contributed by atoms with van der Waals surface area (Å²) in [4.78, 5) is 24.7. The third kappa shape index (κ3) is 5.29. The molecule has 22 heavy (non-hydrogen) atoms. The van der Waals surface area contributed by atoms with E-state index in [1.54, 1.807) is 0 Å². The molecule has 4 atom stereocenters. The Kier molecular flexibility index (Phi) is 7.91. The van der Waals surface area contributed by atoms with Gasteiger partial charge in [0.1, 0.15) is 6.04 Å². The Balaban J connectivity index is 2.68. The molecule has 0 unspecified atom stereocenters. The lowest BCUT2D eigenvalue weighted by Gasteiger charge is -2.37. The van der Waals surface area contributed by atoms with Crippen LogP contribution in [0.5, 0.6) is 0 Å². The Hall–Kier alpha value is -1.06. The average molecular weight is 311 g/mol. The fourth-order valence-corrected chi connectivity index (χ4v) is 3.41. The zero-order valence-corrected chi connectivity index (χ0v) is 14.9. The Morgan fingerprint density at radius 1 is 1.23 bits per heavy atom. The molecule has 1 rings (SSSR count). The van der Waals surface area contributed by atoms with Crippen molar-refractivity contribution >= 4 is 11.9 Å². The summed E-state index contributed by atoms with van der Waals surface area (Å²) in [5.41, 5.74) is 0. The molecule has 0 saturated heterocycles. The van der Waals surface area contributed by atoms with Crippen molar-refractivity contribution in [2.45, 2.75) is 72.8 Å². The van der Waals surface area contributed by atoms with Crippen molar-refractivity contribution in [3.8, 4) is 0 Å². The molecule has 0 aromatic carbocycles. The minimum absolute atomic E-state index is 0.0248. The van der Waals surface area contributed by atoms with Crippen molar-refractivity contribution in [1.82, 2.24) is 5.32 Å². The molecule has 1 aliphatic carbocycles. The van der Waals surface area contributed by atoms with E-state index in [0.29, 0.717) is 30.8 Å². The number of carbonyl (C=O) groups is 2. The topological polar surface area (TPSA) is 55.4 Å². The van der Waals surface area contributed by atoms with Gasteiger partial charge in [-0.05, 0) is 43.4 Å². The van der Waals surface area contributed by atoms with E-state index >= 15 is 0 Å². The van der Waals surface area contributed by atoms with Gasteiger partial charge in [-0.3, -0.25) is 4.79 Å². The molecule has 4 nitrogen and oxygen atoms in total. The molecule has 0 spiro atoms. The van der Waals surface area contributed by atoms with Crippen LogP contribution in [-0.4, -0.2) is 24.5 Å². The van der Waals surface area contributed by atoms with Gasteiger partial charge in [-0.2, -0.15) is 0 Å². The first-order valence-electron chi connectivity index (χ1n) is 8.87. The largest absolute Gasteiger partial charge is 0.464 e. The van der Waals surface area contributed by atoms with E-state index in [1.165, 1.54) is 6.42 Å². The van der Waals surface area contributed by atoms with E-state index in [1.807, 2.05) is 13.8 Å². The summed E-state index contributed by atoms with van der Waals surface area (Å²) >= 11 is 0. The Labute approximate surface area is 135 Å². The molecule has 0 heterocycles. The molecule has 0 aliphatic heterocycles. The van der Waals surface area contributed by atoms with E-state index in [9.17, 15) is 9.59 Å². The zero-order valence-electron chi connectivity index (χ0n) is 14.9. The summed E-state index contributed by atoms with van der Waals surface area (Å²) in [6, 6.07) is -0.510. The summed E-state index contributed by atoms with van der Waals surface area (Å²) < 4.78 is 5.17. The molecule has 128 valence electrons. The number of hydrogen-bond acceptors (Lipinski definition) is 3. The number of nitrogens with one attached hydrogen (secondary N) is 1. The molecule has 0 aromatic heterocycles. The normalized spacial score (nSPS) is 26.5. The third-order valence-corrected chi connectivity index (χ3v) is 4.82. The summed E-state index contributed by atoms with van der Waals surface area (Å²) in [5, 5.41) is 2.94. The van der Waals surface area contributed by atoms with Gasteiger partial charge in [0.05, 0.1) is 6.61 Å². The lowest BCUT2D eigenvalue weighted by atomic mass is 9.69. The Bertz CT molecular complexity index is 367. The van der Waals surface area contributed by atoms with Gasteiger partial charge in [-0.15, -0.1) is 0 Å². The van der Waals surface area contributed by atoms with Crippen LogP contribution in [0.2, 0.25) is 0 Å². The molecule has 0 aromatic rings. The molecule has 1 N–H and O–H groups in total. The number of rotatable bonds is 7. The highest BCUT2D eigenvalue weighted by molar-refractivity contribution is 5.86. The number of hydrogen-bond donors (Lipinski definition) is 1. The minimum atomic E-state index is -0.510. The number of amides is 1. The highest BCUT2D eigenvalue weighted by atomic mass is 16.5. The van der Waals surface area contributed by atoms with Crippen molar-refractivity contribution < 1.29 is 14.3 Å². The van der Waals surface area contributed by atoms with Crippen molar-refractivity contribution in [2.24, 2.45) is 23.7 Å². The van der Waals surface area contributed by atoms with Gasteiger partial charge in [-0.25, -0.2) is 4.79 Å². The van der Waals surface area contributed by atoms with Gasteiger partial charge in [-0.1, -0.05) is 41.0 Å². The van der Waals surface area contributed by atoms with Gasteiger partial charge >= 0.3 is 5.97 Å². The number of esters is 1. The van der Waals surface area contributed by atoms with E-state index in [-0.39, 0.29) is 17.8 Å². The number of ether oxygens (including phenoxy) is 1. The summed E-state index contributed by atoms with van der Waals surface area (Å²) in [5.74, 6) is 1.25. The van der Waals surface area contributed by atoms with Crippen LogP contribution in [0, 0.1) is 23.7 Å². The second kappa shape index (κ2) is 9.16. The van der Waals surface area contributed by atoms with Crippen molar-refractivity contribution in [1.29, 1.82) is 0 Å².